The van der Waals surface area contributed by atoms with Gasteiger partial charge in [0.25, 0.3) is 0 Å². The van der Waals surface area contributed by atoms with Gasteiger partial charge in [0.15, 0.2) is 0 Å². The van der Waals surface area contributed by atoms with Crippen LogP contribution in [-0.2, 0) is 11.3 Å². The van der Waals surface area contributed by atoms with Crippen LogP contribution in [0.3, 0.4) is 0 Å². The largest absolute Gasteiger partial charge is 0.496 e. The number of piperazine rings is 1. The molecule has 2 aromatic carbocycles. The predicted octanol–water partition coefficient (Wildman–Crippen LogP) is 2.90. The first-order chi connectivity index (χ1) is 14.6. The van der Waals surface area contributed by atoms with Crippen molar-refractivity contribution < 1.29 is 13.9 Å². The molecule has 3 rings (SSSR count). The molecular formula is C23H27FN4O2. The summed E-state index contributed by atoms with van der Waals surface area (Å²) in [7, 11) is 1.59. The van der Waals surface area contributed by atoms with Gasteiger partial charge in [0.1, 0.15) is 11.6 Å². The van der Waals surface area contributed by atoms with Gasteiger partial charge < -0.3 is 9.64 Å². The van der Waals surface area contributed by atoms with Crippen molar-refractivity contribution in [1.82, 2.24) is 9.80 Å². The zero-order valence-electron chi connectivity index (χ0n) is 17.3. The van der Waals surface area contributed by atoms with E-state index in [0.29, 0.717) is 31.8 Å². The highest BCUT2D eigenvalue weighted by atomic mass is 19.1. The molecule has 0 aromatic heterocycles. The third-order valence-corrected chi connectivity index (χ3v) is 5.28. The third-order valence-electron chi connectivity index (χ3n) is 5.28. The van der Waals surface area contributed by atoms with E-state index in [9.17, 15) is 9.18 Å². The van der Waals surface area contributed by atoms with Crippen LogP contribution in [0.4, 0.5) is 10.1 Å². The number of hydrogen-bond acceptors (Lipinski definition) is 5. The predicted molar refractivity (Wildman–Crippen MR) is 114 cm³/mol. The molecule has 0 N–H and O–H groups in total. The van der Waals surface area contributed by atoms with Gasteiger partial charge in [-0.3, -0.25) is 14.6 Å². The van der Waals surface area contributed by atoms with E-state index >= 15 is 0 Å². The molecule has 30 heavy (non-hydrogen) atoms. The van der Waals surface area contributed by atoms with Crippen LogP contribution in [0.1, 0.15) is 12.0 Å². The Hall–Kier alpha value is -2.95. The second kappa shape index (κ2) is 10.7. The molecule has 7 heteroatoms. The summed E-state index contributed by atoms with van der Waals surface area (Å²) in [5, 5.41) is 8.93. The molecule has 2 aromatic rings. The molecule has 0 bridgehead atoms. The minimum atomic E-state index is -0.270. The van der Waals surface area contributed by atoms with E-state index in [4.69, 9.17) is 10.00 Å². The summed E-state index contributed by atoms with van der Waals surface area (Å²) >= 11 is 0. The molecule has 0 atom stereocenters. The van der Waals surface area contributed by atoms with E-state index in [1.165, 1.54) is 12.1 Å². The van der Waals surface area contributed by atoms with Crippen molar-refractivity contribution >= 4 is 11.6 Å². The number of nitrogens with zero attached hydrogens (tertiary/aromatic N) is 4. The number of anilines is 1. The molecule has 158 valence electrons. The van der Waals surface area contributed by atoms with E-state index in [0.717, 1.165) is 37.4 Å². The van der Waals surface area contributed by atoms with Crippen LogP contribution in [0.15, 0.2) is 48.5 Å². The maximum atomic E-state index is 13.6. The molecule has 0 saturated carbocycles. The lowest BCUT2D eigenvalue weighted by molar-refractivity contribution is -0.120. The molecular weight excluding hydrogens is 383 g/mol. The topological polar surface area (TPSA) is 59.8 Å². The lowest BCUT2D eigenvalue weighted by Gasteiger charge is -2.35. The zero-order valence-corrected chi connectivity index (χ0v) is 17.3. The Labute approximate surface area is 177 Å². The fourth-order valence-corrected chi connectivity index (χ4v) is 3.66. The van der Waals surface area contributed by atoms with Crippen LogP contribution < -0.4 is 9.64 Å². The molecule has 0 radical (unpaired) electrons. The molecule has 1 aliphatic rings. The summed E-state index contributed by atoms with van der Waals surface area (Å²) in [6.45, 7) is 4.40. The highest BCUT2D eigenvalue weighted by Gasteiger charge is 2.23. The first-order valence-corrected chi connectivity index (χ1v) is 10.1. The summed E-state index contributed by atoms with van der Waals surface area (Å²) in [5.41, 5.74) is 1.64. The maximum absolute atomic E-state index is 13.6. The van der Waals surface area contributed by atoms with Crippen molar-refractivity contribution in [2.75, 3.05) is 51.3 Å². The number of carbonyl (C=O) groups excluding carboxylic acids is 1. The van der Waals surface area contributed by atoms with Crippen LogP contribution in [0.25, 0.3) is 0 Å². The number of hydrogen-bond donors (Lipinski definition) is 0. The van der Waals surface area contributed by atoms with Crippen molar-refractivity contribution in [2.45, 2.75) is 13.0 Å². The molecule has 1 amide bonds. The molecule has 0 aliphatic carbocycles. The fraction of sp³-hybridized carbons (Fsp3) is 0.391. The average Bonchev–Trinajstić information content (AvgIpc) is 2.76. The van der Waals surface area contributed by atoms with Crippen LogP contribution in [0.5, 0.6) is 5.75 Å². The smallest absolute Gasteiger partial charge is 0.241 e. The van der Waals surface area contributed by atoms with Crippen LogP contribution in [0, 0.1) is 17.1 Å². The maximum Gasteiger partial charge on any atom is 0.241 e. The Morgan fingerprint density at radius 1 is 1.13 bits per heavy atom. The SMILES string of the molecule is COc1ccc(F)cc1CN1CCN(CC(=O)N(CCC#N)c2ccccc2)CC1. The van der Waals surface area contributed by atoms with Gasteiger partial charge in [0.05, 0.1) is 26.1 Å². The number of nitriles is 1. The first kappa shape index (κ1) is 21.8. The van der Waals surface area contributed by atoms with Gasteiger partial charge in [-0.05, 0) is 30.3 Å². The number of methoxy groups -OCH3 is 1. The Balaban J connectivity index is 1.55. The van der Waals surface area contributed by atoms with E-state index < -0.39 is 0 Å². The lowest BCUT2D eigenvalue weighted by atomic mass is 10.1. The summed E-state index contributed by atoms with van der Waals surface area (Å²) in [5.74, 6) is 0.412. The van der Waals surface area contributed by atoms with Crippen molar-refractivity contribution in [3.05, 3.63) is 59.9 Å². The minimum absolute atomic E-state index is 0.00306. The Kier molecular flexibility index (Phi) is 7.77. The van der Waals surface area contributed by atoms with Crippen molar-refractivity contribution in [2.24, 2.45) is 0 Å². The van der Waals surface area contributed by atoms with E-state index in [1.54, 1.807) is 18.1 Å². The normalized spacial score (nSPS) is 14.8. The number of para-hydroxylation sites is 1. The summed E-state index contributed by atoms with van der Waals surface area (Å²) in [6, 6.07) is 16.1. The number of benzene rings is 2. The Morgan fingerprint density at radius 2 is 1.83 bits per heavy atom. The van der Waals surface area contributed by atoms with Crippen molar-refractivity contribution in [1.29, 1.82) is 5.26 Å². The van der Waals surface area contributed by atoms with Gasteiger partial charge in [-0.1, -0.05) is 18.2 Å². The Bertz CT molecular complexity index is 877. The van der Waals surface area contributed by atoms with Gasteiger partial charge in [0.2, 0.25) is 5.91 Å². The summed E-state index contributed by atoms with van der Waals surface area (Å²) in [6.07, 6.45) is 0.296. The zero-order chi connectivity index (χ0) is 21.3. The molecule has 0 spiro atoms. The van der Waals surface area contributed by atoms with E-state index in [1.807, 2.05) is 30.3 Å². The van der Waals surface area contributed by atoms with Crippen LogP contribution in [-0.4, -0.2) is 62.1 Å². The van der Waals surface area contributed by atoms with Gasteiger partial charge in [0, 0.05) is 50.5 Å². The molecule has 1 saturated heterocycles. The van der Waals surface area contributed by atoms with Crippen LogP contribution in [0.2, 0.25) is 0 Å². The van der Waals surface area contributed by atoms with Gasteiger partial charge in [-0.2, -0.15) is 5.26 Å². The van der Waals surface area contributed by atoms with Gasteiger partial charge >= 0.3 is 0 Å². The third kappa shape index (κ3) is 5.78. The number of amides is 1. The summed E-state index contributed by atoms with van der Waals surface area (Å²) in [4.78, 5) is 19.0. The van der Waals surface area contributed by atoms with Gasteiger partial charge in [-0.15, -0.1) is 0 Å². The molecule has 1 heterocycles. The highest BCUT2D eigenvalue weighted by Crippen LogP contribution is 2.22. The number of rotatable bonds is 8. The first-order valence-electron chi connectivity index (χ1n) is 10.1. The quantitative estimate of drug-likeness (QED) is 0.670. The van der Waals surface area contributed by atoms with Crippen molar-refractivity contribution in [3.8, 4) is 11.8 Å². The molecule has 0 unspecified atom stereocenters. The number of halogens is 1. The lowest BCUT2D eigenvalue weighted by Crippen LogP contribution is -2.50. The minimum Gasteiger partial charge on any atom is -0.496 e. The fourth-order valence-electron chi connectivity index (χ4n) is 3.66. The highest BCUT2D eigenvalue weighted by molar-refractivity contribution is 5.94. The second-order valence-corrected chi connectivity index (χ2v) is 7.30. The molecule has 1 fully saturated rings. The number of ether oxygens (including phenoxy) is 1. The Morgan fingerprint density at radius 3 is 2.50 bits per heavy atom. The standard InChI is InChI=1S/C23H27FN4O2/c1-30-22-9-8-20(24)16-19(22)17-26-12-14-27(15-13-26)18-23(29)28(11-5-10-25)21-6-3-2-4-7-21/h2-4,6-9,16H,5,11-15,17-18H2,1H3. The number of carbonyl (C=O) groups is 1. The van der Waals surface area contributed by atoms with Gasteiger partial charge in [-0.25, -0.2) is 4.39 Å². The molecule has 6 nitrogen and oxygen atoms in total. The second-order valence-electron chi connectivity index (χ2n) is 7.30. The van der Waals surface area contributed by atoms with E-state index in [2.05, 4.69) is 15.9 Å². The van der Waals surface area contributed by atoms with E-state index in [-0.39, 0.29) is 11.7 Å². The van der Waals surface area contributed by atoms with Crippen molar-refractivity contribution in [3.63, 3.8) is 0 Å². The average molecular weight is 410 g/mol. The summed E-state index contributed by atoms with van der Waals surface area (Å²) < 4.78 is 18.9. The molecule has 1 aliphatic heterocycles. The monoisotopic (exact) mass is 410 g/mol. The van der Waals surface area contributed by atoms with Crippen LogP contribution >= 0.6 is 0 Å².